The molecule has 3 fully saturated rings. The number of hydrogen-bond acceptors (Lipinski definition) is 8. The van der Waals surface area contributed by atoms with Crippen LogP contribution in [0.4, 0.5) is 15.0 Å². The zero-order chi connectivity index (χ0) is 27.4. The molecule has 39 heavy (non-hydrogen) atoms. The second-order valence-electron chi connectivity index (χ2n) is 11.7. The highest BCUT2D eigenvalue weighted by Gasteiger charge is 2.45. The van der Waals surface area contributed by atoms with Crippen molar-refractivity contribution >= 4 is 38.7 Å². The summed E-state index contributed by atoms with van der Waals surface area (Å²) in [5.41, 5.74) is 0.974. The first-order valence-corrected chi connectivity index (χ1v) is 14.3. The van der Waals surface area contributed by atoms with Crippen molar-refractivity contribution in [3.05, 3.63) is 34.9 Å². The minimum absolute atomic E-state index is 0.0120. The fraction of sp³-hybridized carbons (Fsp3) is 0.536. The second kappa shape index (κ2) is 9.92. The van der Waals surface area contributed by atoms with Gasteiger partial charge in [0.25, 0.3) is 0 Å². The predicted molar refractivity (Wildman–Crippen MR) is 148 cm³/mol. The van der Waals surface area contributed by atoms with E-state index in [0.717, 1.165) is 44.3 Å². The summed E-state index contributed by atoms with van der Waals surface area (Å²) in [5, 5.41) is 3.93. The fourth-order valence-corrected chi connectivity index (χ4v) is 6.41. The molecule has 0 spiro atoms. The van der Waals surface area contributed by atoms with E-state index in [1.807, 2.05) is 26.8 Å². The highest BCUT2D eigenvalue weighted by molar-refractivity contribution is 9.10. The van der Waals surface area contributed by atoms with Gasteiger partial charge in [0.1, 0.15) is 23.5 Å². The average molecular weight is 603 g/mol. The molecule has 0 aliphatic carbocycles. The van der Waals surface area contributed by atoms with Gasteiger partial charge in [0.2, 0.25) is 0 Å². The normalized spacial score (nSPS) is 19.3. The summed E-state index contributed by atoms with van der Waals surface area (Å²) in [6.07, 6.45) is 7.24. The summed E-state index contributed by atoms with van der Waals surface area (Å²) in [7, 11) is 0. The van der Waals surface area contributed by atoms with Gasteiger partial charge in [-0.2, -0.15) is 9.97 Å². The second-order valence-corrected chi connectivity index (χ2v) is 12.5. The van der Waals surface area contributed by atoms with Crippen LogP contribution in [0, 0.1) is 5.82 Å². The van der Waals surface area contributed by atoms with E-state index in [1.165, 1.54) is 0 Å². The van der Waals surface area contributed by atoms with Crippen molar-refractivity contribution in [1.29, 1.82) is 0 Å². The van der Waals surface area contributed by atoms with Crippen molar-refractivity contribution in [3.63, 3.8) is 0 Å². The standard InChI is InChI=1S/C28H33BrFN5O4/c1-27(2,3)39-26(36)34-13-18(14-34)31-24-20-12-19(17-6-11-37-15-17)21(29)22(30)23(20)32-25(33-24)38-16-28-7-4-9-35(28)10-5-8-28/h6,11-12,15,18H,4-5,7-10,13-14,16H2,1-3H3,(H,31,32,33). The van der Waals surface area contributed by atoms with Crippen molar-refractivity contribution in [1.82, 2.24) is 19.8 Å². The topological polar surface area (TPSA) is 93.0 Å². The molecule has 208 valence electrons. The molecule has 3 aromatic rings. The molecule has 5 heterocycles. The van der Waals surface area contributed by atoms with E-state index < -0.39 is 11.4 Å². The van der Waals surface area contributed by atoms with Gasteiger partial charge in [0.15, 0.2) is 5.82 Å². The molecule has 1 amide bonds. The number of fused-ring (bicyclic) bond motifs is 2. The molecule has 0 atom stereocenters. The molecule has 0 radical (unpaired) electrons. The fourth-order valence-electron chi connectivity index (χ4n) is 5.88. The van der Waals surface area contributed by atoms with E-state index in [1.54, 1.807) is 23.5 Å². The summed E-state index contributed by atoms with van der Waals surface area (Å²) in [4.78, 5) is 25.8. The number of ether oxygens (including phenoxy) is 2. The van der Waals surface area contributed by atoms with Gasteiger partial charge in [-0.15, -0.1) is 0 Å². The Balaban J connectivity index is 1.30. The Bertz CT molecular complexity index is 1380. The van der Waals surface area contributed by atoms with Crippen LogP contribution in [0.25, 0.3) is 22.0 Å². The number of carbonyl (C=O) groups is 1. The first-order chi connectivity index (χ1) is 18.6. The van der Waals surface area contributed by atoms with E-state index in [2.05, 4.69) is 31.1 Å². The van der Waals surface area contributed by atoms with E-state index in [4.69, 9.17) is 18.9 Å². The smallest absolute Gasteiger partial charge is 0.410 e. The van der Waals surface area contributed by atoms with Crippen molar-refractivity contribution in [2.45, 2.75) is 63.6 Å². The monoisotopic (exact) mass is 601 g/mol. The number of halogens is 2. The minimum atomic E-state index is -0.563. The van der Waals surface area contributed by atoms with Crippen LogP contribution in [0.15, 0.2) is 33.5 Å². The quantitative estimate of drug-likeness (QED) is 0.377. The van der Waals surface area contributed by atoms with Gasteiger partial charge in [-0.05, 0) is 87.6 Å². The number of aromatic nitrogens is 2. The van der Waals surface area contributed by atoms with Gasteiger partial charge in [0, 0.05) is 29.6 Å². The van der Waals surface area contributed by atoms with Crippen LogP contribution in [0.1, 0.15) is 46.5 Å². The lowest BCUT2D eigenvalue weighted by Crippen LogP contribution is -2.58. The number of furan rings is 1. The third-order valence-corrected chi connectivity index (χ3v) is 8.61. The van der Waals surface area contributed by atoms with E-state index >= 15 is 4.39 Å². The molecular formula is C28H33BrFN5O4. The van der Waals surface area contributed by atoms with Crippen molar-refractivity contribution < 1.29 is 23.1 Å². The van der Waals surface area contributed by atoms with Crippen LogP contribution in [0.3, 0.4) is 0 Å². The van der Waals surface area contributed by atoms with Gasteiger partial charge in [0.05, 0.1) is 28.6 Å². The zero-order valence-corrected chi connectivity index (χ0v) is 24.0. The molecule has 2 aromatic heterocycles. The van der Waals surface area contributed by atoms with Crippen LogP contribution in [0.2, 0.25) is 0 Å². The molecule has 3 saturated heterocycles. The number of benzene rings is 1. The zero-order valence-electron chi connectivity index (χ0n) is 22.4. The van der Waals surface area contributed by atoms with Gasteiger partial charge in [-0.3, -0.25) is 4.90 Å². The van der Waals surface area contributed by atoms with Crippen LogP contribution in [0.5, 0.6) is 6.01 Å². The maximum Gasteiger partial charge on any atom is 0.410 e. The summed E-state index contributed by atoms with van der Waals surface area (Å²) < 4.78 is 33.0. The lowest BCUT2D eigenvalue weighted by molar-refractivity contribution is 0.0104. The first kappa shape index (κ1) is 26.3. The van der Waals surface area contributed by atoms with Gasteiger partial charge < -0.3 is 24.1 Å². The molecule has 0 saturated carbocycles. The summed E-state index contributed by atoms with van der Waals surface area (Å²) in [6, 6.07) is 3.68. The van der Waals surface area contributed by atoms with Gasteiger partial charge in [-0.1, -0.05) is 0 Å². The molecule has 3 aliphatic rings. The Morgan fingerprint density at radius 1 is 1.26 bits per heavy atom. The minimum Gasteiger partial charge on any atom is -0.472 e. The molecule has 0 unspecified atom stereocenters. The lowest BCUT2D eigenvalue weighted by atomic mass is 9.95. The Labute approximate surface area is 235 Å². The number of likely N-dealkylation sites (tertiary alicyclic amines) is 1. The molecule has 11 heteroatoms. The molecule has 3 aliphatic heterocycles. The van der Waals surface area contributed by atoms with Gasteiger partial charge >= 0.3 is 12.1 Å². The van der Waals surface area contributed by atoms with E-state index in [-0.39, 0.29) is 29.2 Å². The van der Waals surface area contributed by atoms with Crippen molar-refractivity contribution in [2.24, 2.45) is 0 Å². The molecule has 6 rings (SSSR count). The highest BCUT2D eigenvalue weighted by atomic mass is 79.9. The summed E-state index contributed by atoms with van der Waals surface area (Å²) in [6.45, 7) is 9.07. The van der Waals surface area contributed by atoms with Crippen LogP contribution >= 0.6 is 15.9 Å². The number of anilines is 1. The predicted octanol–water partition coefficient (Wildman–Crippen LogP) is 5.83. The Hall–Kier alpha value is -2.92. The lowest BCUT2D eigenvalue weighted by Gasteiger charge is -2.40. The van der Waals surface area contributed by atoms with Crippen LogP contribution < -0.4 is 10.1 Å². The largest absolute Gasteiger partial charge is 0.472 e. The SMILES string of the molecule is CC(C)(C)OC(=O)N1CC(Nc2nc(OCC34CCCN3CCC4)nc3c(F)c(Br)c(-c4ccoc4)cc23)C1. The number of hydrogen-bond donors (Lipinski definition) is 1. The summed E-state index contributed by atoms with van der Waals surface area (Å²) >= 11 is 3.42. The maximum atomic E-state index is 15.8. The Kier molecular flexibility index (Phi) is 6.69. The Morgan fingerprint density at radius 3 is 2.67 bits per heavy atom. The number of carbonyl (C=O) groups excluding carboxylic acids is 1. The summed E-state index contributed by atoms with van der Waals surface area (Å²) in [5.74, 6) is -0.0308. The number of nitrogens with one attached hydrogen (secondary N) is 1. The van der Waals surface area contributed by atoms with Crippen LogP contribution in [-0.2, 0) is 4.74 Å². The van der Waals surface area contributed by atoms with E-state index in [0.29, 0.717) is 40.9 Å². The molecule has 0 bridgehead atoms. The van der Waals surface area contributed by atoms with Crippen LogP contribution in [-0.4, -0.2) is 75.8 Å². The third kappa shape index (κ3) is 5.06. The molecule has 9 nitrogen and oxygen atoms in total. The molecule has 1 aromatic carbocycles. The van der Waals surface area contributed by atoms with E-state index in [9.17, 15) is 4.79 Å². The average Bonchev–Trinajstić information content (AvgIpc) is 3.59. The van der Waals surface area contributed by atoms with Crippen molar-refractivity contribution in [2.75, 3.05) is 38.1 Å². The molecule has 1 N–H and O–H groups in total. The van der Waals surface area contributed by atoms with Gasteiger partial charge in [-0.25, -0.2) is 9.18 Å². The number of nitrogens with zero attached hydrogens (tertiary/aromatic N) is 4. The Morgan fingerprint density at radius 2 is 2.00 bits per heavy atom. The first-order valence-electron chi connectivity index (χ1n) is 13.5. The third-order valence-electron chi connectivity index (χ3n) is 7.84. The highest BCUT2D eigenvalue weighted by Crippen LogP contribution is 2.41. The number of rotatable bonds is 6. The number of amides is 1. The molecular weight excluding hydrogens is 569 g/mol. The van der Waals surface area contributed by atoms with Crippen molar-refractivity contribution in [3.8, 4) is 17.1 Å². The maximum absolute atomic E-state index is 15.8.